The average molecular weight is 445 g/mol. The molecule has 33 heavy (non-hydrogen) atoms. The van der Waals surface area contributed by atoms with Crippen molar-refractivity contribution in [3.63, 3.8) is 0 Å². The Hall–Kier alpha value is -3.93. The lowest BCUT2D eigenvalue weighted by Crippen LogP contribution is -2.32. The summed E-state index contributed by atoms with van der Waals surface area (Å²) in [7, 11) is 0. The second kappa shape index (κ2) is 9.28. The van der Waals surface area contributed by atoms with E-state index in [1.165, 1.54) is 12.1 Å². The van der Waals surface area contributed by atoms with Gasteiger partial charge in [-0.25, -0.2) is 9.29 Å². The van der Waals surface area contributed by atoms with Crippen LogP contribution in [-0.2, 0) is 9.59 Å². The molecular formula is C27H25FN2O3. The summed E-state index contributed by atoms with van der Waals surface area (Å²) in [5, 5.41) is 2.99. The molecule has 2 amide bonds. The van der Waals surface area contributed by atoms with Crippen molar-refractivity contribution >= 4 is 28.8 Å². The van der Waals surface area contributed by atoms with Crippen molar-refractivity contribution in [2.45, 2.75) is 27.2 Å². The maximum absolute atomic E-state index is 13.8. The standard InChI is InChI=1S/C27H25FN2O3/c1-4-13-33-23-10-6-9-22(16-23)30-26(31)24(19-12-11-17(2)18(3)14-19)25(27(30)32)29-21-8-5-7-20(28)15-21/h5-12,14-16,29H,4,13H2,1-3H3. The Morgan fingerprint density at radius 3 is 2.42 bits per heavy atom. The molecule has 0 saturated carbocycles. The van der Waals surface area contributed by atoms with E-state index in [0.29, 0.717) is 29.3 Å². The summed E-state index contributed by atoms with van der Waals surface area (Å²) in [4.78, 5) is 28.2. The van der Waals surface area contributed by atoms with Crippen molar-refractivity contribution < 1.29 is 18.7 Å². The first-order valence-corrected chi connectivity index (χ1v) is 10.8. The highest BCUT2D eigenvalue weighted by Gasteiger charge is 2.40. The molecule has 0 aliphatic carbocycles. The molecule has 0 saturated heterocycles. The summed E-state index contributed by atoms with van der Waals surface area (Å²) < 4.78 is 19.5. The monoisotopic (exact) mass is 444 g/mol. The van der Waals surface area contributed by atoms with E-state index < -0.39 is 17.6 Å². The van der Waals surface area contributed by atoms with Gasteiger partial charge in [0.25, 0.3) is 11.8 Å². The van der Waals surface area contributed by atoms with Crippen LogP contribution in [0.1, 0.15) is 30.0 Å². The van der Waals surface area contributed by atoms with Crippen LogP contribution in [-0.4, -0.2) is 18.4 Å². The van der Waals surface area contributed by atoms with E-state index in [0.717, 1.165) is 22.4 Å². The van der Waals surface area contributed by atoms with E-state index in [4.69, 9.17) is 4.74 Å². The number of halogens is 1. The fraction of sp³-hybridized carbons (Fsp3) is 0.185. The molecule has 0 unspecified atom stereocenters. The maximum Gasteiger partial charge on any atom is 0.282 e. The number of hydrogen-bond acceptors (Lipinski definition) is 4. The summed E-state index contributed by atoms with van der Waals surface area (Å²) in [6.07, 6.45) is 0.839. The van der Waals surface area contributed by atoms with E-state index in [1.54, 1.807) is 36.4 Å². The first kappa shape index (κ1) is 22.3. The molecule has 168 valence electrons. The van der Waals surface area contributed by atoms with E-state index in [9.17, 15) is 14.0 Å². The Labute approximate surface area is 192 Å². The van der Waals surface area contributed by atoms with E-state index in [-0.39, 0.29) is 11.3 Å². The molecule has 1 heterocycles. The largest absolute Gasteiger partial charge is 0.494 e. The third-order valence-electron chi connectivity index (χ3n) is 5.52. The quantitative estimate of drug-likeness (QED) is 0.480. The van der Waals surface area contributed by atoms with Crippen LogP contribution in [0.4, 0.5) is 15.8 Å². The third-order valence-corrected chi connectivity index (χ3v) is 5.52. The molecule has 1 aliphatic heterocycles. The Kier molecular flexibility index (Phi) is 6.27. The second-order valence-corrected chi connectivity index (χ2v) is 7.98. The molecule has 5 nitrogen and oxygen atoms in total. The van der Waals surface area contributed by atoms with Gasteiger partial charge in [0.1, 0.15) is 17.3 Å². The fourth-order valence-electron chi connectivity index (χ4n) is 3.69. The molecule has 3 aromatic carbocycles. The number of aryl methyl sites for hydroxylation is 2. The Morgan fingerprint density at radius 1 is 0.909 bits per heavy atom. The first-order valence-electron chi connectivity index (χ1n) is 10.8. The zero-order valence-electron chi connectivity index (χ0n) is 18.8. The number of hydrogen-bond donors (Lipinski definition) is 1. The van der Waals surface area contributed by atoms with Crippen LogP contribution in [0.2, 0.25) is 0 Å². The van der Waals surface area contributed by atoms with Crippen molar-refractivity contribution in [1.29, 1.82) is 0 Å². The Bertz CT molecular complexity index is 1270. The van der Waals surface area contributed by atoms with Gasteiger partial charge in [0.2, 0.25) is 0 Å². The van der Waals surface area contributed by atoms with Crippen molar-refractivity contribution in [1.82, 2.24) is 0 Å². The molecule has 0 radical (unpaired) electrons. The van der Waals surface area contributed by atoms with Crippen molar-refractivity contribution in [3.05, 3.63) is 94.9 Å². The van der Waals surface area contributed by atoms with Crippen LogP contribution in [0.5, 0.6) is 5.75 Å². The zero-order valence-corrected chi connectivity index (χ0v) is 18.8. The van der Waals surface area contributed by atoms with Gasteiger partial charge in [-0.3, -0.25) is 9.59 Å². The summed E-state index contributed by atoms with van der Waals surface area (Å²) in [5.74, 6) is -0.822. The van der Waals surface area contributed by atoms with Gasteiger partial charge in [0.15, 0.2) is 0 Å². The number of nitrogens with zero attached hydrogens (tertiary/aromatic N) is 1. The minimum atomic E-state index is -0.509. The number of anilines is 2. The maximum atomic E-state index is 13.8. The van der Waals surface area contributed by atoms with Crippen molar-refractivity contribution in [2.24, 2.45) is 0 Å². The van der Waals surface area contributed by atoms with E-state index in [2.05, 4.69) is 5.32 Å². The number of rotatable bonds is 7. The minimum absolute atomic E-state index is 0.105. The zero-order chi connectivity index (χ0) is 23.5. The van der Waals surface area contributed by atoms with Crippen LogP contribution in [0.15, 0.2) is 72.4 Å². The molecular weight excluding hydrogens is 419 g/mol. The van der Waals surface area contributed by atoms with Gasteiger partial charge in [0, 0.05) is 11.8 Å². The van der Waals surface area contributed by atoms with Gasteiger partial charge in [-0.15, -0.1) is 0 Å². The highest BCUT2D eigenvalue weighted by atomic mass is 19.1. The topological polar surface area (TPSA) is 58.6 Å². The highest BCUT2D eigenvalue weighted by molar-refractivity contribution is 6.46. The Morgan fingerprint density at radius 2 is 1.70 bits per heavy atom. The van der Waals surface area contributed by atoms with Crippen LogP contribution in [0.25, 0.3) is 5.57 Å². The molecule has 0 bridgehead atoms. The predicted octanol–water partition coefficient (Wildman–Crippen LogP) is 5.63. The number of carbonyl (C=O) groups excluding carboxylic acids is 2. The minimum Gasteiger partial charge on any atom is -0.494 e. The van der Waals surface area contributed by atoms with Gasteiger partial charge >= 0.3 is 0 Å². The second-order valence-electron chi connectivity index (χ2n) is 7.98. The molecule has 3 aromatic rings. The van der Waals surface area contributed by atoms with Crippen LogP contribution >= 0.6 is 0 Å². The lowest BCUT2D eigenvalue weighted by atomic mass is 9.99. The number of nitrogens with one attached hydrogen (secondary N) is 1. The lowest BCUT2D eigenvalue weighted by molar-refractivity contribution is -0.120. The average Bonchev–Trinajstić information content (AvgIpc) is 3.04. The van der Waals surface area contributed by atoms with Crippen LogP contribution in [0, 0.1) is 19.7 Å². The first-order chi connectivity index (χ1) is 15.9. The van der Waals surface area contributed by atoms with Crippen LogP contribution in [0.3, 0.4) is 0 Å². The van der Waals surface area contributed by atoms with Gasteiger partial charge in [0.05, 0.1) is 17.9 Å². The number of imide groups is 1. The number of benzene rings is 3. The molecule has 6 heteroatoms. The molecule has 1 aliphatic rings. The summed E-state index contributed by atoms with van der Waals surface area (Å²) in [6, 6.07) is 18.3. The van der Waals surface area contributed by atoms with Crippen molar-refractivity contribution in [2.75, 3.05) is 16.8 Å². The normalized spacial score (nSPS) is 13.6. The SMILES string of the molecule is CCCOc1cccc(N2C(=O)C(Nc3cccc(F)c3)=C(c3ccc(C)c(C)c3)C2=O)c1. The molecule has 0 aromatic heterocycles. The smallest absolute Gasteiger partial charge is 0.282 e. The van der Waals surface area contributed by atoms with Gasteiger partial charge in [-0.05, 0) is 67.3 Å². The van der Waals surface area contributed by atoms with E-state index in [1.807, 2.05) is 39.0 Å². The predicted molar refractivity (Wildman–Crippen MR) is 128 cm³/mol. The third kappa shape index (κ3) is 4.51. The molecule has 0 atom stereocenters. The number of ether oxygens (including phenoxy) is 1. The van der Waals surface area contributed by atoms with Crippen LogP contribution < -0.4 is 15.0 Å². The molecule has 0 fully saturated rings. The van der Waals surface area contributed by atoms with E-state index >= 15 is 0 Å². The molecule has 0 spiro atoms. The molecule has 1 N–H and O–H groups in total. The number of amides is 2. The lowest BCUT2D eigenvalue weighted by Gasteiger charge is -2.17. The Balaban J connectivity index is 1.79. The molecule has 4 rings (SSSR count). The fourth-order valence-corrected chi connectivity index (χ4v) is 3.69. The summed E-state index contributed by atoms with van der Waals surface area (Å²) >= 11 is 0. The van der Waals surface area contributed by atoms with Gasteiger partial charge < -0.3 is 10.1 Å². The van der Waals surface area contributed by atoms with Gasteiger partial charge in [-0.2, -0.15) is 0 Å². The van der Waals surface area contributed by atoms with Gasteiger partial charge in [-0.1, -0.05) is 37.3 Å². The number of carbonyl (C=O) groups is 2. The van der Waals surface area contributed by atoms with Crippen molar-refractivity contribution in [3.8, 4) is 5.75 Å². The summed E-state index contributed by atoms with van der Waals surface area (Å²) in [5.41, 5.74) is 3.84. The highest BCUT2D eigenvalue weighted by Crippen LogP contribution is 2.35. The summed E-state index contributed by atoms with van der Waals surface area (Å²) in [6.45, 7) is 6.47.